The highest BCUT2D eigenvalue weighted by Gasteiger charge is 2.34. The van der Waals surface area contributed by atoms with Gasteiger partial charge in [0, 0.05) is 45.7 Å². The molecule has 10 nitrogen and oxygen atoms in total. The third-order valence-corrected chi connectivity index (χ3v) is 5.50. The molecule has 13 heteroatoms. The van der Waals surface area contributed by atoms with Crippen LogP contribution in [0.2, 0.25) is 0 Å². The number of anilines is 2. The topological polar surface area (TPSA) is 86.8 Å². The first kappa shape index (κ1) is 24.9. The first-order valence-electron chi connectivity index (χ1n) is 10.4. The number of benzene rings is 1. The largest absolute Gasteiger partial charge is 0.490 e. The number of carbonyl (C=O) groups is 2. The number of hydrazine groups is 1. The number of nitrogens with zero attached hydrogens (tertiary/aromatic N) is 4. The molecular formula is C20H27F2N5O5S. The Bertz CT molecular complexity index is 883. The van der Waals surface area contributed by atoms with Gasteiger partial charge in [0.05, 0.1) is 32.5 Å². The normalized spacial score (nSPS) is 18.9. The van der Waals surface area contributed by atoms with E-state index in [1.54, 1.807) is 14.1 Å². The Morgan fingerprint density at radius 1 is 1.27 bits per heavy atom. The van der Waals surface area contributed by atoms with Gasteiger partial charge in [0.15, 0.2) is 16.7 Å². The lowest BCUT2D eigenvalue weighted by Crippen LogP contribution is -2.46. The van der Waals surface area contributed by atoms with Crippen molar-refractivity contribution in [1.82, 2.24) is 15.5 Å². The van der Waals surface area contributed by atoms with Crippen LogP contribution in [-0.2, 0) is 14.3 Å². The number of ether oxygens (including phenoxy) is 2. The predicted octanol–water partition coefficient (Wildman–Crippen LogP) is 2.28. The molecule has 0 radical (unpaired) electrons. The van der Waals surface area contributed by atoms with Crippen molar-refractivity contribution < 1.29 is 32.7 Å². The van der Waals surface area contributed by atoms with Crippen LogP contribution in [0.15, 0.2) is 12.1 Å². The molecule has 2 aliphatic rings. The summed E-state index contributed by atoms with van der Waals surface area (Å²) in [5, 5.41) is 2.97. The maximum Gasteiger partial charge on any atom is 0.414 e. The Morgan fingerprint density at radius 2 is 1.97 bits per heavy atom. The number of nitrogens with one attached hydrogen (secondary N) is 1. The molecule has 2 saturated heterocycles. The Hall–Kier alpha value is -2.77. The number of hydroxylamine groups is 2. The van der Waals surface area contributed by atoms with Crippen LogP contribution in [0.25, 0.3) is 0 Å². The molecule has 1 aromatic carbocycles. The molecule has 2 fully saturated rings. The van der Waals surface area contributed by atoms with Gasteiger partial charge in [0.1, 0.15) is 11.8 Å². The van der Waals surface area contributed by atoms with E-state index in [9.17, 15) is 18.4 Å². The summed E-state index contributed by atoms with van der Waals surface area (Å²) in [5.41, 5.74) is 2.37. The van der Waals surface area contributed by atoms with Crippen LogP contribution in [-0.4, -0.2) is 87.3 Å². The molecule has 0 bridgehead atoms. The van der Waals surface area contributed by atoms with Crippen molar-refractivity contribution in [3.63, 3.8) is 0 Å². The van der Waals surface area contributed by atoms with Crippen molar-refractivity contribution in [2.24, 2.45) is 0 Å². The Morgan fingerprint density at radius 3 is 2.61 bits per heavy atom. The molecule has 0 spiro atoms. The third kappa shape index (κ3) is 6.18. The Labute approximate surface area is 195 Å². The van der Waals surface area contributed by atoms with Crippen molar-refractivity contribution in [3.05, 3.63) is 23.8 Å². The van der Waals surface area contributed by atoms with Crippen LogP contribution in [0.1, 0.15) is 12.8 Å². The van der Waals surface area contributed by atoms with Gasteiger partial charge in [-0.05, 0) is 18.6 Å². The molecule has 0 saturated carbocycles. The second-order valence-electron chi connectivity index (χ2n) is 7.72. The lowest BCUT2D eigenvalue weighted by Gasteiger charge is -2.25. The monoisotopic (exact) mass is 487 g/mol. The highest BCUT2D eigenvalue weighted by Crippen LogP contribution is 2.32. The maximum atomic E-state index is 15.0. The molecule has 33 heavy (non-hydrogen) atoms. The van der Waals surface area contributed by atoms with Crippen LogP contribution < -0.4 is 15.2 Å². The van der Waals surface area contributed by atoms with Crippen LogP contribution in [0.5, 0.6) is 0 Å². The van der Waals surface area contributed by atoms with Crippen LogP contribution >= 0.6 is 12.2 Å². The number of urea groups is 1. The fourth-order valence-electron chi connectivity index (χ4n) is 3.55. The second-order valence-corrected chi connectivity index (χ2v) is 8.18. The maximum absolute atomic E-state index is 15.0. The minimum absolute atomic E-state index is 0.0605. The fourth-order valence-corrected chi connectivity index (χ4v) is 3.67. The van der Waals surface area contributed by atoms with Crippen molar-refractivity contribution in [1.29, 1.82) is 0 Å². The van der Waals surface area contributed by atoms with Gasteiger partial charge in [-0.2, -0.15) is 0 Å². The van der Waals surface area contributed by atoms with Crippen molar-refractivity contribution >= 4 is 40.8 Å². The Balaban J connectivity index is 1.68. The summed E-state index contributed by atoms with van der Waals surface area (Å²) < 4.78 is 40.2. The van der Waals surface area contributed by atoms with E-state index in [1.165, 1.54) is 21.9 Å². The molecular weight excluding hydrogens is 460 g/mol. The van der Waals surface area contributed by atoms with Crippen molar-refractivity contribution in [2.45, 2.75) is 18.9 Å². The van der Waals surface area contributed by atoms with Gasteiger partial charge in [-0.15, -0.1) is 0 Å². The lowest BCUT2D eigenvalue weighted by molar-refractivity contribution is -0.108. The van der Waals surface area contributed by atoms with E-state index in [4.69, 9.17) is 26.5 Å². The summed E-state index contributed by atoms with van der Waals surface area (Å²) in [4.78, 5) is 32.4. The zero-order valence-electron chi connectivity index (χ0n) is 18.7. The second kappa shape index (κ2) is 10.9. The van der Waals surface area contributed by atoms with E-state index < -0.39 is 29.9 Å². The van der Waals surface area contributed by atoms with Crippen LogP contribution in [0, 0.1) is 11.6 Å². The molecule has 2 heterocycles. The molecule has 0 aliphatic carbocycles. The molecule has 2 aliphatic heterocycles. The number of halogens is 2. The Kier molecular flexibility index (Phi) is 8.21. The van der Waals surface area contributed by atoms with Gasteiger partial charge >= 0.3 is 12.1 Å². The summed E-state index contributed by atoms with van der Waals surface area (Å²) in [7, 11) is 4.78. The summed E-state index contributed by atoms with van der Waals surface area (Å²) in [5.74, 6) is -1.65. The highest BCUT2D eigenvalue weighted by atomic mass is 32.1. The SMILES string of the molecule is COC(=S)CC[C@H]1CN(c2cc(F)c(N3CCON(C(=O)NN(C)C)CC3)c(F)c2)C(=O)O1. The zero-order chi connectivity index (χ0) is 24.1. The summed E-state index contributed by atoms with van der Waals surface area (Å²) >= 11 is 4.99. The molecule has 1 N–H and O–H groups in total. The molecule has 3 rings (SSSR count). The summed E-state index contributed by atoms with van der Waals surface area (Å²) in [6, 6.07) is 1.72. The number of carbonyl (C=O) groups excluding carboxylic acids is 2. The van der Waals surface area contributed by atoms with Gasteiger partial charge < -0.3 is 14.4 Å². The number of hydrogen-bond acceptors (Lipinski definition) is 8. The predicted molar refractivity (Wildman–Crippen MR) is 120 cm³/mol. The average Bonchev–Trinajstić information content (AvgIpc) is 2.96. The van der Waals surface area contributed by atoms with E-state index in [1.807, 2.05) is 0 Å². The van der Waals surface area contributed by atoms with Crippen LogP contribution in [0.3, 0.4) is 0 Å². The summed E-state index contributed by atoms with van der Waals surface area (Å²) in [6.45, 7) is 0.638. The zero-order valence-corrected chi connectivity index (χ0v) is 19.5. The van der Waals surface area contributed by atoms with Gasteiger partial charge in [-0.1, -0.05) is 0 Å². The van der Waals surface area contributed by atoms with E-state index in [-0.39, 0.29) is 44.2 Å². The minimum Gasteiger partial charge on any atom is -0.490 e. The molecule has 0 unspecified atom stereocenters. The number of amides is 3. The summed E-state index contributed by atoms with van der Waals surface area (Å²) in [6.07, 6.45) is -0.261. The average molecular weight is 488 g/mol. The smallest absolute Gasteiger partial charge is 0.414 e. The van der Waals surface area contributed by atoms with Gasteiger partial charge in [0.2, 0.25) is 0 Å². The third-order valence-electron chi connectivity index (χ3n) is 5.13. The number of thiocarbonyl (C=S) groups is 1. The quantitative estimate of drug-likeness (QED) is 0.483. The van der Waals surface area contributed by atoms with Crippen molar-refractivity contribution in [3.8, 4) is 0 Å². The molecule has 3 amide bonds. The van der Waals surface area contributed by atoms with Gasteiger partial charge in [0.25, 0.3) is 0 Å². The number of hydrogen-bond donors (Lipinski definition) is 1. The number of methoxy groups -OCH3 is 1. The minimum atomic E-state index is -0.826. The molecule has 0 aromatic heterocycles. The molecule has 1 atom stereocenters. The fraction of sp³-hybridized carbons (Fsp3) is 0.550. The van der Waals surface area contributed by atoms with Gasteiger partial charge in [-0.3, -0.25) is 15.2 Å². The molecule has 182 valence electrons. The lowest BCUT2D eigenvalue weighted by atomic mass is 10.2. The van der Waals surface area contributed by atoms with E-state index in [0.29, 0.717) is 17.9 Å². The van der Waals surface area contributed by atoms with E-state index in [0.717, 1.165) is 17.2 Å². The molecule has 1 aromatic rings. The first-order valence-corrected chi connectivity index (χ1v) is 10.8. The van der Waals surface area contributed by atoms with Crippen LogP contribution in [0.4, 0.5) is 29.7 Å². The number of rotatable bonds is 6. The first-order chi connectivity index (χ1) is 15.7. The van der Waals surface area contributed by atoms with E-state index >= 15 is 0 Å². The standard InChI is InChI=1S/C20H27F2N5O5S/c1-24(2)23-19(28)27-7-6-25(8-9-31-27)18-15(21)10-13(11-16(18)22)26-12-14(32-20(26)29)4-5-17(33)30-3/h10-11,14H,4-9,12H2,1-3H3,(H,23,28)/t14-/m0/s1. The van der Waals surface area contributed by atoms with E-state index in [2.05, 4.69) is 5.43 Å². The number of cyclic esters (lactones) is 1. The van der Waals surface area contributed by atoms with Crippen molar-refractivity contribution in [2.75, 3.05) is 63.8 Å². The van der Waals surface area contributed by atoms with Gasteiger partial charge in [-0.25, -0.2) is 28.4 Å². The highest BCUT2D eigenvalue weighted by molar-refractivity contribution is 7.80.